The number of nitrogens with one attached hydrogen (secondary N) is 3. The second kappa shape index (κ2) is 8.42. The van der Waals surface area contributed by atoms with Crippen LogP contribution >= 0.6 is 0 Å². The van der Waals surface area contributed by atoms with Crippen molar-refractivity contribution < 1.29 is 17.9 Å². The molecule has 1 aliphatic heterocycles. The smallest absolute Gasteiger partial charge is 0.406 e. The molecule has 140 valence electrons. The molecule has 4 nitrogen and oxygen atoms in total. The molecule has 0 aromatic heterocycles. The van der Waals surface area contributed by atoms with Crippen molar-refractivity contribution in [2.45, 2.75) is 38.0 Å². The van der Waals surface area contributed by atoms with Crippen LogP contribution in [0.5, 0.6) is 5.75 Å². The predicted octanol–water partition coefficient (Wildman–Crippen LogP) is 3.87. The molecule has 1 aliphatic rings. The fourth-order valence-electron chi connectivity index (χ4n) is 3.08. The summed E-state index contributed by atoms with van der Waals surface area (Å²) in [5, 5.41) is 10.3. The first-order chi connectivity index (χ1) is 12.5. The zero-order valence-electron chi connectivity index (χ0n) is 14.2. The lowest BCUT2D eigenvalue weighted by atomic mass is 10.0. The third-order valence-corrected chi connectivity index (χ3v) is 4.25. The average Bonchev–Trinajstić information content (AvgIpc) is 2.61. The lowest BCUT2D eigenvalue weighted by Crippen LogP contribution is -2.55. The van der Waals surface area contributed by atoms with E-state index in [9.17, 15) is 13.2 Å². The van der Waals surface area contributed by atoms with E-state index in [4.69, 9.17) is 0 Å². The molecule has 0 saturated carbocycles. The van der Waals surface area contributed by atoms with E-state index < -0.39 is 6.36 Å². The lowest BCUT2D eigenvalue weighted by molar-refractivity contribution is -0.274. The van der Waals surface area contributed by atoms with Crippen LogP contribution in [-0.2, 0) is 6.54 Å². The minimum Gasteiger partial charge on any atom is -0.406 e. The molecule has 1 fully saturated rings. The highest BCUT2D eigenvalue weighted by molar-refractivity contribution is 5.43. The van der Waals surface area contributed by atoms with Gasteiger partial charge in [-0.15, -0.1) is 13.2 Å². The van der Waals surface area contributed by atoms with E-state index in [-0.39, 0.29) is 18.0 Å². The Morgan fingerprint density at radius 2 is 1.88 bits per heavy atom. The Hall–Kier alpha value is -2.25. The van der Waals surface area contributed by atoms with E-state index in [1.807, 2.05) is 30.3 Å². The summed E-state index contributed by atoms with van der Waals surface area (Å²) >= 11 is 0. The first-order valence-electron chi connectivity index (χ1n) is 8.63. The summed E-state index contributed by atoms with van der Waals surface area (Å²) < 4.78 is 41.0. The van der Waals surface area contributed by atoms with Gasteiger partial charge in [0.1, 0.15) is 5.75 Å². The Kier molecular flexibility index (Phi) is 6.00. The van der Waals surface area contributed by atoms with Crippen LogP contribution in [0.15, 0.2) is 54.6 Å². The molecule has 2 aromatic carbocycles. The normalized spacial score (nSPS) is 20.6. The number of hydrogen-bond donors (Lipinski definition) is 3. The number of para-hydroxylation sites is 1. The van der Waals surface area contributed by atoms with Gasteiger partial charge in [0.15, 0.2) is 0 Å². The second-order valence-electron chi connectivity index (χ2n) is 6.27. The fraction of sp³-hybridized carbons (Fsp3) is 0.368. The van der Waals surface area contributed by atoms with Crippen molar-refractivity contribution >= 4 is 5.69 Å². The number of rotatable bonds is 6. The van der Waals surface area contributed by atoms with Gasteiger partial charge in [-0.1, -0.05) is 30.3 Å². The molecule has 3 rings (SSSR count). The van der Waals surface area contributed by atoms with Crippen LogP contribution in [0, 0.1) is 0 Å². The van der Waals surface area contributed by atoms with Crippen LogP contribution in [0.2, 0.25) is 0 Å². The zero-order chi connectivity index (χ0) is 18.4. The molecule has 0 unspecified atom stereocenters. The largest absolute Gasteiger partial charge is 0.573 e. The first kappa shape index (κ1) is 18.5. The maximum Gasteiger partial charge on any atom is 0.573 e. The number of piperidine rings is 1. The molecule has 2 atom stereocenters. The molecule has 26 heavy (non-hydrogen) atoms. The van der Waals surface area contributed by atoms with E-state index >= 15 is 0 Å². The number of benzene rings is 2. The molecule has 0 bridgehead atoms. The van der Waals surface area contributed by atoms with Gasteiger partial charge in [0.05, 0.1) is 6.17 Å². The van der Waals surface area contributed by atoms with E-state index in [2.05, 4.69) is 20.7 Å². The van der Waals surface area contributed by atoms with Gasteiger partial charge in [-0.2, -0.15) is 0 Å². The van der Waals surface area contributed by atoms with Gasteiger partial charge < -0.3 is 15.4 Å². The quantitative estimate of drug-likeness (QED) is 0.727. The van der Waals surface area contributed by atoms with Gasteiger partial charge in [0.25, 0.3) is 0 Å². The fourth-order valence-corrected chi connectivity index (χ4v) is 3.08. The molecule has 7 heteroatoms. The highest BCUT2D eigenvalue weighted by Crippen LogP contribution is 2.23. The molecule has 0 amide bonds. The maximum absolute atomic E-state index is 12.4. The summed E-state index contributed by atoms with van der Waals surface area (Å²) in [6.07, 6.45) is -2.59. The van der Waals surface area contributed by atoms with Gasteiger partial charge in [0.2, 0.25) is 0 Å². The van der Waals surface area contributed by atoms with E-state index in [0.29, 0.717) is 6.54 Å². The highest BCUT2D eigenvalue weighted by atomic mass is 19.4. The van der Waals surface area contributed by atoms with Crippen molar-refractivity contribution in [3.8, 4) is 5.75 Å². The second-order valence-corrected chi connectivity index (χ2v) is 6.27. The summed E-state index contributed by atoms with van der Waals surface area (Å²) in [7, 11) is 0. The first-order valence-corrected chi connectivity index (χ1v) is 8.63. The van der Waals surface area contributed by atoms with Crippen LogP contribution in [0.4, 0.5) is 18.9 Å². The van der Waals surface area contributed by atoms with E-state index in [1.165, 1.54) is 12.1 Å². The van der Waals surface area contributed by atoms with Crippen LogP contribution in [0.1, 0.15) is 18.4 Å². The summed E-state index contributed by atoms with van der Waals surface area (Å²) in [5.74, 6) is -0.197. The minimum absolute atomic E-state index is 0.0563. The average molecular weight is 365 g/mol. The minimum atomic E-state index is -4.68. The topological polar surface area (TPSA) is 45.3 Å². The molecule has 0 aliphatic carbocycles. The molecule has 1 saturated heterocycles. The Balaban J connectivity index is 1.59. The molecule has 0 spiro atoms. The third-order valence-electron chi connectivity index (χ3n) is 4.25. The van der Waals surface area contributed by atoms with Gasteiger partial charge >= 0.3 is 6.36 Å². The number of halogens is 3. The molecule has 0 radical (unpaired) electrons. The number of hydrogen-bond acceptors (Lipinski definition) is 4. The Labute approximate surface area is 150 Å². The molecular weight excluding hydrogens is 343 g/mol. The molecule has 1 heterocycles. The van der Waals surface area contributed by atoms with Crippen molar-refractivity contribution in [2.24, 2.45) is 0 Å². The summed E-state index contributed by atoms with van der Waals surface area (Å²) in [4.78, 5) is 0. The summed E-state index contributed by atoms with van der Waals surface area (Å²) in [6, 6.07) is 16.1. The van der Waals surface area contributed by atoms with Crippen molar-refractivity contribution in [1.29, 1.82) is 0 Å². The van der Waals surface area contributed by atoms with Crippen LogP contribution in [-0.4, -0.2) is 25.1 Å². The van der Waals surface area contributed by atoms with Crippen molar-refractivity contribution in [2.75, 3.05) is 11.9 Å². The standard InChI is InChI=1S/C19H22F3N3O/c20-19(21,22)26-16-9-4-6-14(12-16)13-24-17-10-5-11-23-18(17)25-15-7-2-1-3-8-15/h1-4,6-9,12,17-18,23-25H,5,10-11,13H2/t17-,18-/m0/s1. The number of anilines is 1. The van der Waals surface area contributed by atoms with Crippen molar-refractivity contribution in [1.82, 2.24) is 10.6 Å². The Morgan fingerprint density at radius 3 is 2.65 bits per heavy atom. The van der Waals surface area contributed by atoms with E-state index in [1.54, 1.807) is 12.1 Å². The molecule has 3 N–H and O–H groups in total. The van der Waals surface area contributed by atoms with Gasteiger partial charge in [0, 0.05) is 18.3 Å². The SMILES string of the molecule is FC(F)(F)Oc1cccc(CN[C@H]2CCCN[C@H]2Nc2ccccc2)c1. The summed E-state index contributed by atoms with van der Waals surface area (Å²) in [6.45, 7) is 1.39. The number of alkyl halides is 3. The molecule has 2 aromatic rings. The van der Waals surface area contributed by atoms with Gasteiger partial charge in [-0.05, 0) is 49.2 Å². The predicted molar refractivity (Wildman–Crippen MR) is 94.8 cm³/mol. The van der Waals surface area contributed by atoms with Crippen molar-refractivity contribution in [3.63, 3.8) is 0 Å². The third kappa shape index (κ3) is 5.64. The van der Waals surface area contributed by atoms with Crippen LogP contribution < -0.4 is 20.7 Å². The Bertz CT molecular complexity index is 694. The van der Waals surface area contributed by atoms with Crippen LogP contribution in [0.25, 0.3) is 0 Å². The van der Waals surface area contributed by atoms with Crippen molar-refractivity contribution in [3.05, 3.63) is 60.2 Å². The van der Waals surface area contributed by atoms with Crippen LogP contribution in [0.3, 0.4) is 0 Å². The Morgan fingerprint density at radius 1 is 1.08 bits per heavy atom. The van der Waals surface area contributed by atoms with E-state index in [0.717, 1.165) is 30.6 Å². The monoisotopic (exact) mass is 365 g/mol. The van der Waals surface area contributed by atoms with Gasteiger partial charge in [-0.25, -0.2) is 0 Å². The number of ether oxygens (including phenoxy) is 1. The maximum atomic E-state index is 12.4. The lowest BCUT2D eigenvalue weighted by Gasteiger charge is -2.34. The highest BCUT2D eigenvalue weighted by Gasteiger charge is 2.31. The van der Waals surface area contributed by atoms with Gasteiger partial charge in [-0.3, -0.25) is 5.32 Å². The molecular formula is C19H22F3N3O. The zero-order valence-corrected chi connectivity index (χ0v) is 14.2. The summed E-state index contributed by atoms with van der Waals surface area (Å²) in [5.41, 5.74) is 1.77.